The number of ether oxygens (including phenoxy) is 3. The number of anilines is 2. The van der Waals surface area contributed by atoms with Crippen LogP contribution in [0.3, 0.4) is 0 Å². The molecular formula is C28H34Cl2FN5O4. The zero-order valence-electron chi connectivity index (χ0n) is 23.3. The largest absolute Gasteiger partial charge is 0.488 e. The molecule has 0 spiro atoms. The lowest BCUT2D eigenvalue weighted by molar-refractivity contribution is 0.0124. The summed E-state index contributed by atoms with van der Waals surface area (Å²) >= 11 is 11.9. The molecule has 0 saturated carbocycles. The van der Waals surface area contributed by atoms with E-state index < -0.39 is 11.4 Å². The van der Waals surface area contributed by atoms with Crippen molar-refractivity contribution in [3.63, 3.8) is 0 Å². The number of nitrogens with one attached hydrogen (secondary N) is 1. The number of piperidine rings is 1. The van der Waals surface area contributed by atoms with E-state index in [9.17, 15) is 9.18 Å². The van der Waals surface area contributed by atoms with Crippen molar-refractivity contribution in [1.29, 1.82) is 0 Å². The Kier molecular flexibility index (Phi) is 9.43. The molecular weight excluding hydrogens is 560 g/mol. The monoisotopic (exact) mass is 593 g/mol. The van der Waals surface area contributed by atoms with Gasteiger partial charge in [0, 0.05) is 43.9 Å². The molecule has 0 radical (unpaired) electrons. The molecule has 40 heavy (non-hydrogen) atoms. The van der Waals surface area contributed by atoms with E-state index in [1.807, 2.05) is 39.8 Å². The molecule has 1 saturated heterocycles. The SMILES string of the molecule is CN(C)CCOc1cc2ncnc(Nc3ccc(Cl)c(Cl)c3F)c2cc1OC1CCN(C(=O)OC(C)(C)C)CC1. The van der Waals surface area contributed by atoms with Gasteiger partial charge in [0.25, 0.3) is 0 Å². The predicted molar refractivity (Wildman–Crippen MR) is 155 cm³/mol. The maximum atomic E-state index is 14.8. The molecule has 9 nitrogen and oxygen atoms in total. The first-order valence-corrected chi connectivity index (χ1v) is 13.8. The van der Waals surface area contributed by atoms with Crippen molar-refractivity contribution in [3.8, 4) is 11.5 Å². The molecule has 1 aliphatic heterocycles. The van der Waals surface area contributed by atoms with Gasteiger partial charge in [0.1, 0.15) is 30.5 Å². The summed E-state index contributed by atoms with van der Waals surface area (Å²) < 4.78 is 32.8. The minimum atomic E-state index is -0.683. The van der Waals surface area contributed by atoms with Gasteiger partial charge in [0.15, 0.2) is 17.3 Å². The van der Waals surface area contributed by atoms with Crippen molar-refractivity contribution >= 4 is 51.7 Å². The number of benzene rings is 2. The van der Waals surface area contributed by atoms with Crippen LogP contribution in [0.4, 0.5) is 20.7 Å². The topological polar surface area (TPSA) is 89.1 Å². The van der Waals surface area contributed by atoms with E-state index in [2.05, 4.69) is 15.3 Å². The Morgan fingerprint density at radius 2 is 1.88 bits per heavy atom. The molecule has 2 heterocycles. The summed E-state index contributed by atoms with van der Waals surface area (Å²) in [5.74, 6) is 0.730. The van der Waals surface area contributed by atoms with Crippen LogP contribution in [0.15, 0.2) is 30.6 Å². The van der Waals surface area contributed by atoms with E-state index in [-0.39, 0.29) is 27.9 Å². The van der Waals surface area contributed by atoms with Gasteiger partial charge in [0.2, 0.25) is 0 Å². The fourth-order valence-electron chi connectivity index (χ4n) is 4.12. The average Bonchev–Trinajstić information content (AvgIpc) is 2.88. The Morgan fingerprint density at radius 3 is 2.55 bits per heavy atom. The van der Waals surface area contributed by atoms with E-state index in [1.54, 1.807) is 17.0 Å². The van der Waals surface area contributed by atoms with Crippen molar-refractivity contribution in [2.45, 2.75) is 45.3 Å². The smallest absolute Gasteiger partial charge is 0.410 e. The third-order valence-corrected chi connectivity index (χ3v) is 6.95. The molecule has 4 rings (SSSR count). The number of aromatic nitrogens is 2. The third kappa shape index (κ3) is 7.56. The van der Waals surface area contributed by atoms with Gasteiger partial charge in [-0.3, -0.25) is 0 Å². The summed E-state index contributed by atoms with van der Waals surface area (Å²) in [6.07, 6.45) is 2.16. The van der Waals surface area contributed by atoms with E-state index in [1.165, 1.54) is 18.5 Å². The van der Waals surface area contributed by atoms with Crippen molar-refractivity contribution in [1.82, 2.24) is 19.8 Å². The lowest BCUT2D eigenvalue weighted by Crippen LogP contribution is -2.44. The van der Waals surface area contributed by atoms with Gasteiger partial charge in [-0.05, 0) is 53.1 Å². The number of fused-ring (bicyclic) bond motifs is 1. The summed E-state index contributed by atoms with van der Waals surface area (Å²) in [5, 5.41) is 3.54. The zero-order valence-corrected chi connectivity index (χ0v) is 24.8. The molecule has 1 fully saturated rings. The van der Waals surface area contributed by atoms with Gasteiger partial charge in [-0.1, -0.05) is 23.2 Å². The highest BCUT2D eigenvalue weighted by Gasteiger charge is 2.28. The standard InChI is InChI=1S/C28H34Cl2FN5O4/c1-28(2,3)40-27(37)36-10-8-17(9-11-36)39-23-14-18-21(15-22(23)38-13-12-35(4)5)32-16-33-26(18)34-20-7-6-19(29)24(30)25(20)31/h6-7,14-17H,8-13H2,1-5H3,(H,32,33,34). The van der Waals surface area contributed by atoms with Crippen molar-refractivity contribution in [2.24, 2.45) is 0 Å². The number of nitrogens with zero attached hydrogens (tertiary/aromatic N) is 4. The van der Waals surface area contributed by atoms with Gasteiger partial charge in [-0.2, -0.15) is 0 Å². The zero-order chi connectivity index (χ0) is 29.0. The first-order valence-electron chi connectivity index (χ1n) is 13.0. The molecule has 12 heteroatoms. The van der Waals surface area contributed by atoms with Crippen LogP contribution >= 0.6 is 23.2 Å². The molecule has 1 N–H and O–H groups in total. The van der Waals surface area contributed by atoms with Gasteiger partial charge in [-0.25, -0.2) is 19.2 Å². The van der Waals surface area contributed by atoms with E-state index in [0.29, 0.717) is 67.3 Å². The second kappa shape index (κ2) is 12.6. The van der Waals surface area contributed by atoms with Crippen LogP contribution in [0.5, 0.6) is 11.5 Å². The highest BCUT2D eigenvalue weighted by Crippen LogP contribution is 2.38. The Balaban J connectivity index is 1.59. The second-order valence-corrected chi connectivity index (χ2v) is 11.6. The quantitative estimate of drug-likeness (QED) is 0.294. The van der Waals surface area contributed by atoms with Gasteiger partial charge < -0.3 is 29.3 Å². The number of halogens is 3. The first-order chi connectivity index (χ1) is 18.9. The summed E-state index contributed by atoms with van der Waals surface area (Å²) in [6, 6.07) is 6.58. The normalized spacial score (nSPS) is 14.5. The van der Waals surface area contributed by atoms with Crippen LogP contribution in [-0.4, -0.2) is 77.9 Å². The van der Waals surface area contributed by atoms with E-state index >= 15 is 0 Å². The highest BCUT2D eigenvalue weighted by atomic mass is 35.5. The minimum Gasteiger partial charge on any atom is -0.488 e. The van der Waals surface area contributed by atoms with Crippen LogP contribution in [0.1, 0.15) is 33.6 Å². The summed E-state index contributed by atoms with van der Waals surface area (Å²) in [4.78, 5) is 24.9. The second-order valence-electron chi connectivity index (χ2n) is 10.8. The van der Waals surface area contributed by atoms with Crippen molar-refractivity contribution in [2.75, 3.05) is 45.7 Å². The Morgan fingerprint density at radius 1 is 1.15 bits per heavy atom. The van der Waals surface area contributed by atoms with Crippen LogP contribution in [0.2, 0.25) is 10.0 Å². The number of hydrogen-bond donors (Lipinski definition) is 1. The highest BCUT2D eigenvalue weighted by molar-refractivity contribution is 6.42. The molecule has 216 valence electrons. The van der Waals surface area contributed by atoms with Gasteiger partial charge in [0.05, 0.1) is 21.2 Å². The molecule has 0 atom stereocenters. The van der Waals surface area contributed by atoms with E-state index in [4.69, 9.17) is 37.4 Å². The Hall–Kier alpha value is -3.08. The van der Waals surface area contributed by atoms with Crippen LogP contribution in [0, 0.1) is 5.82 Å². The first kappa shape index (κ1) is 29.9. The van der Waals surface area contributed by atoms with Crippen molar-refractivity contribution in [3.05, 3.63) is 46.5 Å². The molecule has 0 unspecified atom stereocenters. The Labute approximate surface area is 243 Å². The summed E-state index contributed by atoms with van der Waals surface area (Å²) in [7, 11) is 3.93. The average molecular weight is 595 g/mol. The molecule has 0 aliphatic carbocycles. The third-order valence-electron chi connectivity index (χ3n) is 6.17. The van der Waals surface area contributed by atoms with Crippen LogP contribution in [0.25, 0.3) is 10.9 Å². The minimum absolute atomic E-state index is 0.116. The Bertz CT molecular complexity index is 1360. The van der Waals surface area contributed by atoms with Crippen molar-refractivity contribution < 1.29 is 23.4 Å². The molecule has 2 aromatic carbocycles. The fraction of sp³-hybridized carbons (Fsp3) is 0.464. The molecule has 1 aromatic heterocycles. The molecule has 0 bridgehead atoms. The lowest BCUT2D eigenvalue weighted by atomic mass is 10.1. The number of hydrogen-bond acceptors (Lipinski definition) is 8. The van der Waals surface area contributed by atoms with Gasteiger partial charge >= 0.3 is 6.09 Å². The summed E-state index contributed by atoms with van der Waals surface area (Å²) in [6.45, 7) is 7.71. The van der Waals surface area contributed by atoms with Crippen LogP contribution < -0.4 is 14.8 Å². The number of carbonyl (C=O) groups is 1. The maximum Gasteiger partial charge on any atom is 0.410 e. The van der Waals surface area contributed by atoms with Gasteiger partial charge in [-0.15, -0.1) is 0 Å². The number of carbonyl (C=O) groups excluding carboxylic acids is 1. The van der Waals surface area contributed by atoms with Crippen LogP contribution in [-0.2, 0) is 4.74 Å². The molecule has 3 aromatic rings. The molecule has 1 aliphatic rings. The number of amides is 1. The van der Waals surface area contributed by atoms with E-state index in [0.717, 1.165) is 0 Å². The molecule has 1 amide bonds. The number of rotatable bonds is 8. The summed E-state index contributed by atoms with van der Waals surface area (Å²) in [5.41, 5.74) is 0.158. The fourth-order valence-corrected chi connectivity index (χ4v) is 4.43. The number of likely N-dealkylation sites (tertiary alicyclic amines) is 1. The lowest BCUT2D eigenvalue weighted by Gasteiger charge is -2.33. The predicted octanol–water partition coefficient (Wildman–Crippen LogP) is 6.54. The number of likely N-dealkylation sites (N-methyl/N-ethyl adjacent to an activating group) is 1. The maximum absolute atomic E-state index is 14.8.